The van der Waals surface area contributed by atoms with Crippen molar-refractivity contribution in [3.8, 4) is 0 Å². The molecule has 1 N–H and O–H groups in total. The second kappa shape index (κ2) is 3.28. The summed E-state index contributed by atoms with van der Waals surface area (Å²) in [6.07, 6.45) is -0.443. The predicted molar refractivity (Wildman–Crippen MR) is 54.1 cm³/mol. The third kappa shape index (κ3) is 1.72. The minimum Gasteiger partial charge on any atom is -0.363 e. The molecule has 0 bridgehead atoms. The lowest BCUT2D eigenvalue weighted by molar-refractivity contribution is -0.264. The van der Waals surface area contributed by atoms with Crippen LogP contribution in [0.2, 0.25) is 0 Å². The Morgan fingerprint density at radius 1 is 1.40 bits per heavy atom. The number of aliphatic hydroxyl groups is 1. The van der Waals surface area contributed by atoms with E-state index < -0.39 is 17.7 Å². The van der Waals surface area contributed by atoms with Crippen molar-refractivity contribution in [2.45, 2.75) is 38.4 Å². The number of rotatable bonds is 1. The van der Waals surface area contributed by atoms with Crippen molar-refractivity contribution in [1.82, 2.24) is 0 Å². The summed E-state index contributed by atoms with van der Waals surface area (Å²) in [4.78, 5) is 0. The maximum atomic E-state index is 10.4. The first-order valence-corrected chi connectivity index (χ1v) is 5.21. The summed E-state index contributed by atoms with van der Waals surface area (Å²) in [7, 11) is 0. The van der Waals surface area contributed by atoms with Crippen LogP contribution in [0.15, 0.2) is 12.2 Å². The monoisotopic (exact) mass is 214 g/mol. The molecule has 0 aromatic rings. The molecule has 2 saturated heterocycles. The van der Waals surface area contributed by atoms with Crippen molar-refractivity contribution in [2.75, 3.05) is 13.2 Å². The van der Waals surface area contributed by atoms with E-state index in [2.05, 4.69) is 6.58 Å². The molecule has 0 aromatic heterocycles. The van der Waals surface area contributed by atoms with Crippen molar-refractivity contribution in [2.24, 2.45) is 5.92 Å². The van der Waals surface area contributed by atoms with E-state index in [-0.39, 0.29) is 5.92 Å². The third-order valence-corrected chi connectivity index (χ3v) is 3.19. The van der Waals surface area contributed by atoms with Gasteiger partial charge in [-0.1, -0.05) is 13.5 Å². The van der Waals surface area contributed by atoms with E-state index >= 15 is 0 Å². The molecule has 3 atom stereocenters. The van der Waals surface area contributed by atoms with Crippen molar-refractivity contribution < 1.29 is 19.3 Å². The normalized spacial score (nSPS) is 44.9. The van der Waals surface area contributed by atoms with Gasteiger partial charge in [-0.2, -0.15) is 0 Å². The fourth-order valence-electron chi connectivity index (χ4n) is 2.01. The first kappa shape index (κ1) is 11.1. The Hall–Kier alpha value is -0.420. The maximum absolute atomic E-state index is 10.4. The highest BCUT2D eigenvalue weighted by atomic mass is 16.8. The van der Waals surface area contributed by atoms with E-state index in [1.54, 1.807) is 0 Å². The van der Waals surface area contributed by atoms with Gasteiger partial charge in [-0.3, -0.25) is 0 Å². The highest BCUT2D eigenvalue weighted by molar-refractivity contribution is 5.12. The largest absolute Gasteiger partial charge is 0.363 e. The molecule has 2 aliphatic heterocycles. The lowest BCUT2D eigenvalue weighted by Crippen LogP contribution is -2.48. The van der Waals surface area contributed by atoms with Crippen molar-refractivity contribution >= 4 is 0 Å². The first-order valence-electron chi connectivity index (χ1n) is 5.21. The molecule has 86 valence electrons. The molecule has 0 radical (unpaired) electrons. The van der Waals surface area contributed by atoms with Crippen LogP contribution in [-0.4, -0.2) is 36.0 Å². The Morgan fingerprint density at radius 3 is 2.47 bits per heavy atom. The SMILES string of the molecule is C=C1COC(O)(C2COC(C)(C)O2)C1C. The van der Waals surface area contributed by atoms with Gasteiger partial charge in [0.05, 0.1) is 13.2 Å². The van der Waals surface area contributed by atoms with Gasteiger partial charge in [-0.25, -0.2) is 0 Å². The molecule has 0 aromatic carbocycles. The van der Waals surface area contributed by atoms with Crippen LogP contribution in [0.1, 0.15) is 20.8 Å². The van der Waals surface area contributed by atoms with Crippen LogP contribution in [0.25, 0.3) is 0 Å². The van der Waals surface area contributed by atoms with E-state index in [1.165, 1.54) is 0 Å². The fourth-order valence-corrected chi connectivity index (χ4v) is 2.01. The van der Waals surface area contributed by atoms with Gasteiger partial charge in [0.1, 0.15) is 6.10 Å². The van der Waals surface area contributed by atoms with Gasteiger partial charge in [-0.05, 0) is 19.4 Å². The average Bonchev–Trinajstić information content (AvgIpc) is 2.63. The molecule has 0 aliphatic carbocycles. The Kier molecular flexibility index (Phi) is 2.43. The summed E-state index contributed by atoms with van der Waals surface area (Å²) in [5, 5.41) is 10.4. The predicted octanol–water partition coefficient (Wildman–Crippen LogP) is 1.05. The minimum atomic E-state index is -1.29. The van der Waals surface area contributed by atoms with E-state index in [4.69, 9.17) is 14.2 Å². The average molecular weight is 214 g/mol. The summed E-state index contributed by atoms with van der Waals surface area (Å²) < 4.78 is 16.4. The van der Waals surface area contributed by atoms with Gasteiger partial charge in [0.2, 0.25) is 5.79 Å². The standard InChI is InChI=1S/C11H18O4/c1-7-5-14-11(12,8(7)2)9-6-13-10(3,4)15-9/h8-9,12H,1,5-6H2,2-4H3. The van der Waals surface area contributed by atoms with Crippen molar-refractivity contribution in [3.63, 3.8) is 0 Å². The second-order valence-electron chi connectivity index (χ2n) is 4.74. The van der Waals surface area contributed by atoms with Crippen LogP contribution in [-0.2, 0) is 14.2 Å². The van der Waals surface area contributed by atoms with Crippen LogP contribution in [0.4, 0.5) is 0 Å². The number of hydrogen-bond donors (Lipinski definition) is 1. The van der Waals surface area contributed by atoms with Crippen LogP contribution in [0.5, 0.6) is 0 Å². The highest BCUT2D eigenvalue weighted by Gasteiger charge is 2.53. The third-order valence-electron chi connectivity index (χ3n) is 3.19. The topological polar surface area (TPSA) is 47.9 Å². The molecular formula is C11H18O4. The minimum absolute atomic E-state index is 0.125. The summed E-state index contributed by atoms with van der Waals surface area (Å²) in [6.45, 7) is 10.1. The molecular weight excluding hydrogens is 196 g/mol. The van der Waals surface area contributed by atoms with Crippen LogP contribution >= 0.6 is 0 Å². The lowest BCUT2D eigenvalue weighted by atomic mass is 9.92. The van der Waals surface area contributed by atoms with Crippen LogP contribution < -0.4 is 0 Å². The number of hydrogen-bond acceptors (Lipinski definition) is 4. The van der Waals surface area contributed by atoms with Crippen LogP contribution in [0.3, 0.4) is 0 Å². The van der Waals surface area contributed by atoms with E-state index in [0.717, 1.165) is 5.57 Å². The van der Waals surface area contributed by atoms with E-state index in [0.29, 0.717) is 13.2 Å². The zero-order valence-electron chi connectivity index (χ0n) is 9.45. The smallest absolute Gasteiger partial charge is 0.201 e. The molecule has 4 heteroatoms. The fraction of sp³-hybridized carbons (Fsp3) is 0.818. The zero-order chi connectivity index (χ0) is 11.3. The van der Waals surface area contributed by atoms with Gasteiger partial charge in [0.25, 0.3) is 0 Å². The Morgan fingerprint density at radius 2 is 2.07 bits per heavy atom. The van der Waals surface area contributed by atoms with Gasteiger partial charge >= 0.3 is 0 Å². The van der Waals surface area contributed by atoms with Crippen LogP contribution in [0, 0.1) is 5.92 Å². The molecule has 3 unspecified atom stereocenters. The summed E-state index contributed by atoms with van der Waals surface area (Å²) in [5.74, 6) is -2.06. The molecule has 0 saturated carbocycles. The first-order chi connectivity index (χ1) is 6.85. The molecule has 2 aliphatic rings. The zero-order valence-corrected chi connectivity index (χ0v) is 9.45. The highest BCUT2D eigenvalue weighted by Crippen LogP contribution is 2.40. The molecule has 0 amide bonds. The Bertz CT molecular complexity index is 286. The summed E-state index contributed by atoms with van der Waals surface area (Å²) in [6, 6.07) is 0. The molecule has 0 spiro atoms. The molecule has 4 nitrogen and oxygen atoms in total. The Balaban J connectivity index is 2.14. The van der Waals surface area contributed by atoms with E-state index in [9.17, 15) is 5.11 Å². The van der Waals surface area contributed by atoms with Crippen molar-refractivity contribution in [1.29, 1.82) is 0 Å². The van der Waals surface area contributed by atoms with Gasteiger partial charge in [0, 0.05) is 5.92 Å². The molecule has 2 fully saturated rings. The van der Waals surface area contributed by atoms with Gasteiger partial charge in [0.15, 0.2) is 5.79 Å². The second-order valence-corrected chi connectivity index (χ2v) is 4.74. The summed E-state index contributed by atoms with van der Waals surface area (Å²) >= 11 is 0. The quantitative estimate of drug-likeness (QED) is 0.663. The summed E-state index contributed by atoms with van der Waals surface area (Å²) in [5.41, 5.74) is 0.894. The molecule has 2 rings (SSSR count). The number of ether oxygens (including phenoxy) is 3. The van der Waals surface area contributed by atoms with Gasteiger partial charge in [-0.15, -0.1) is 0 Å². The van der Waals surface area contributed by atoms with Gasteiger partial charge < -0.3 is 19.3 Å². The van der Waals surface area contributed by atoms with Crippen molar-refractivity contribution in [3.05, 3.63) is 12.2 Å². The maximum Gasteiger partial charge on any atom is 0.201 e. The Labute approximate surface area is 89.8 Å². The molecule has 2 heterocycles. The van der Waals surface area contributed by atoms with E-state index in [1.807, 2.05) is 20.8 Å². The molecule has 15 heavy (non-hydrogen) atoms. The lowest BCUT2D eigenvalue weighted by Gasteiger charge is -2.31.